The Morgan fingerprint density at radius 3 is 2.86 bits per heavy atom. The van der Waals surface area contributed by atoms with Gasteiger partial charge in [-0.05, 0) is 34.9 Å². The van der Waals surface area contributed by atoms with E-state index in [2.05, 4.69) is 11.4 Å². The van der Waals surface area contributed by atoms with Crippen molar-refractivity contribution in [1.82, 2.24) is 5.32 Å². The van der Waals surface area contributed by atoms with E-state index < -0.39 is 0 Å². The van der Waals surface area contributed by atoms with Crippen molar-refractivity contribution < 1.29 is 4.79 Å². The molecular formula is C17H15Cl2NO. The van der Waals surface area contributed by atoms with Gasteiger partial charge in [-0.15, -0.1) is 0 Å². The SMILES string of the molecule is O=C(Cc1cc(Cl)ccc1Cl)C1CNCc2ccccc21. The molecule has 2 aromatic carbocycles. The van der Waals surface area contributed by atoms with Crippen molar-refractivity contribution >= 4 is 29.0 Å². The van der Waals surface area contributed by atoms with Crippen molar-refractivity contribution in [3.63, 3.8) is 0 Å². The third kappa shape index (κ3) is 3.13. The highest BCUT2D eigenvalue weighted by molar-refractivity contribution is 6.33. The summed E-state index contributed by atoms with van der Waals surface area (Å²) >= 11 is 12.1. The second-order valence-corrected chi connectivity index (χ2v) is 6.10. The summed E-state index contributed by atoms with van der Waals surface area (Å²) in [6, 6.07) is 13.3. The molecule has 2 nitrogen and oxygen atoms in total. The number of rotatable bonds is 3. The molecule has 108 valence electrons. The highest BCUT2D eigenvalue weighted by Gasteiger charge is 2.26. The maximum atomic E-state index is 12.7. The molecule has 0 aliphatic carbocycles. The quantitative estimate of drug-likeness (QED) is 0.926. The fourth-order valence-corrected chi connectivity index (χ4v) is 3.15. The number of fused-ring (bicyclic) bond motifs is 1. The van der Waals surface area contributed by atoms with Gasteiger partial charge in [-0.3, -0.25) is 4.79 Å². The molecule has 21 heavy (non-hydrogen) atoms. The number of nitrogens with one attached hydrogen (secondary N) is 1. The minimum absolute atomic E-state index is 0.120. The molecule has 0 saturated heterocycles. The molecule has 1 atom stereocenters. The Morgan fingerprint density at radius 2 is 2.00 bits per heavy atom. The van der Waals surface area contributed by atoms with Crippen LogP contribution in [0.3, 0.4) is 0 Å². The van der Waals surface area contributed by atoms with Crippen LogP contribution in [-0.4, -0.2) is 12.3 Å². The van der Waals surface area contributed by atoms with Gasteiger partial charge in [-0.2, -0.15) is 0 Å². The molecular weight excluding hydrogens is 305 g/mol. The fourth-order valence-electron chi connectivity index (χ4n) is 2.77. The molecule has 0 aromatic heterocycles. The molecule has 0 bridgehead atoms. The highest BCUT2D eigenvalue weighted by atomic mass is 35.5. The molecule has 0 radical (unpaired) electrons. The van der Waals surface area contributed by atoms with Crippen LogP contribution >= 0.6 is 23.2 Å². The summed E-state index contributed by atoms with van der Waals surface area (Å²) in [6.45, 7) is 1.49. The first-order valence-electron chi connectivity index (χ1n) is 6.90. The Morgan fingerprint density at radius 1 is 1.19 bits per heavy atom. The average molecular weight is 320 g/mol. The minimum Gasteiger partial charge on any atom is -0.312 e. The van der Waals surface area contributed by atoms with E-state index in [1.54, 1.807) is 18.2 Å². The number of Topliss-reactive ketones (excluding diaryl/α,β-unsaturated/α-hetero) is 1. The highest BCUT2D eigenvalue weighted by Crippen LogP contribution is 2.28. The maximum absolute atomic E-state index is 12.7. The average Bonchev–Trinajstić information content (AvgIpc) is 2.50. The van der Waals surface area contributed by atoms with Crippen molar-refractivity contribution in [3.8, 4) is 0 Å². The topological polar surface area (TPSA) is 29.1 Å². The van der Waals surface area contributed by atoms with Gasteiger partial charge in [0.05, 0.1) is 5.92 Å². The molecule has 4 heteroatoms. The molecule has 0 spiro atoms. The maximum Gasteiger partial charge on any atom is 0.146 e. The molecule has 0 saturated carbocycles. The Bertz CT molecular complexity index is 684. The Hall–Kier alpha value is -1.35. The summed E-state index contributed by atoms with van der Waals surface area (Å²) in [5.74, 6) is 0.0452. The fraction of sp³-hybridized carbons (Fsp3) is 0.235. The van der Waals surface area contributed by atoms with E-state index in [-0.39, 0.29) is 11.7 Å². The van der Waals surface area contributed by atoms with Gasteiger partial charge in [-0.1, -0.05) is 47.5 Å². The van der Waals surface area contributed by atoms with Gasteiger partial charge in [0, 0.05) is 29.6 Å². The molecule has 2 aromatic rings. The van der Waals surface area contributed by atoms with Crippen LogP contribution in [0.1, 0.15) is 22.6 Å². The van der Waals surface area contributed by atoms with Crippen LogP contribution in [0.15, 0.2) is 42.5 Å². The number of benzene rings is 2. The Balaban J connectivity index is 1.85. The summed E-state index contributed by atoms with van der Waals surface area (Å²) in [6.07, 6.45) is 0.306. The second kappa shape index (κ2) is 6.18. The summed E-state index contributed by atoms with van der Waals surface area (Å²) in [7, 11) is 0. The van der Waals surface area contributed by atoms with Gasteiger partial charge in [0.2, 0.25) is 0 Å². The minimum atomic E-state index is -0.120. The van der Waals surface area contributed by atoms with E-state index in [0.29, 0.717) is 23.0 Å². The van der Waals surface area contributed by atoms with Gasteiger partial charge in [0.25, 0.3) is 0 Å². The lowest BCUT2D eigenvalue weighted by Gasteiger charge is -2.25. The zero-order valence-corrected chi connectivity index (χ0v) is 12.9. The van der Waals surface area contributed by atoms with Crippen LogP contribution in [0.25, 0.3) is 0 Å². The van der Waals surface area contributed by atoms with Crippen molar-refractivity contribution in [1.29, 1.82) is 0 Å². The van der Waals surface area contributed by atoms with Gasteiger partial charge < -0.3 is 5.32 Å². The first-order chi connectivity index (χ1) is 10.1. The van der Waals surface area contributed by atoms with E-state index >= 15 is 0 Å². The number of carbonyl (C=O) groups is 1. The predicted molar refractivity (Wildman–Crippen MR) is 86.1 cm³/mol. The molecule has 1 heterocycles. The van der Waals surface area contributed by atoms with Crippen LogP contribution in [0.2, 0.25) is 10.0 Å². The van der Waals surface area contributed by atoms with Gasteiger partial charge in [0.15, 0.2) is 0 Å². The first-order valence-corrected chi connectivity index (χ1v) is 7.66. The van der Waals surface area contributed by atoms with E-state index in [1.807, 2.05) is 18.2 Å². The number of hydrogen-bond donors (Lipinski definition) is 1. The van der Waals surface area contributed by atoms with E-state index in [0.717, 1.165) is 17.7 Å². The number of halogens is 2. The number of carbonyl (C=O) groups excluding carboxylic acids is 1. The molecule has 3 rings (SSSR count). The smallest absolute Gasteiger partial charge is 0.146 e. The van der Waals surface area contributed by atoms with Crippen molar-refractivity contribution in [3.05, 3.63) is 69.2 Å². The van der Waals surface area contributed by atoms with Gasteiger partial charge in [0.1, 0.15) is 5.78 Å². The monoisotopic (exact) mass is 319 g/mol. The van der Waals surface area contributed by atoms with Crippen LogP contribution in [0.4, 0.5) is 0 Å². The standard InChI is InChI=1S/C17H15Cl2NO/c18-13-5-6-16(19)12(7-13)8-17(21)15-10-20-9-11-3-1-2-4-14(11)15/h1-7,15,20H,8-10H2. The van der Waals surface area contributed by atoms with Gasteiger partial charge in [-0.25, -0.2) is 0 Å². The van der Waals surface area contributed by atoms with E-state index in [9.17, 15) is 4.79 Å². The zero-order chi connectivity index (χ0) is 14.8. The third-order valence-corrected chi connectivity index (χ3v) is 4.46. The molecule has 1 unspecified atom stereocenters. The van der Waals surface area contributed by atoms with Crippen LogP contribution in [0, 0.1) is 0 Å². The lowest BCUT2D eigenvalue weighted by molar-refractivity contribution is -0.119. The first kappa shape index (κ1) is 14.6. The Labute approximate surface area is 134 Å². The largest absolute Gasteiger partial charge is 0.312 e. The van der Waals surface area contributed by atoms with E-state index in [4.69, 9.17) is 23.2 Å². The van der Waals surface area contributed by atoms with Crippen molar-refractivity contribution in [2.45, 2.75) is 18.9 Å². The third-order valence-electron chi connectivity index (χ3n) is 3.86. The normalized spacial score (nSPS) is 17.3. The van der Waals surface area contributed by atoms with Crippen LogP contribution in [0.5, 0.6) is 0 Å². The summed E-state index contributed by atoms with van der Waals surface area (Å²) in [5, 5.41) is 4.49. The molecule has 0 amide bonds. The van der Waals surface area contributed by atoms with E-state index in [1.165, 1.54) is 5.56 Å². The lowest BCUT2D eigenvalue weighted by Crippen LogP contribution is -2.33. The molecule has 1 aliphatic rings. The summed E-state index contributed by atoms with van der Waals surface area (Å²) in [4.78, 5) is 12.7. The zero-order valence-electron chi connectivity index (χ0n) is 11.4. The Kier molecular flexibility index (Phi) is 4.29. The van der Waals surface area contributed by atoms with Crippen molar-refractivity contribution in [2.75, 3.05) is 6.54 Å². The summed E-state index contributed by atoms with van der Waals surface area (Å²) in [5.41, 5.74) is 3.11. The molecule has 1 N–H and O–H groups in total. The molecule has 0 fully saturated rings. The van der Waals surface area contributed by atoms with Crippen molar-refractivity contribution in [2.24, 2.45) is 0 Å². The predicted octanol–water partition coefficient (Wildman–Crippen LogP) is 3.99. The number of ketones is 1. The summed E-state index contributed by atoms with van der Waals surface area (Å²) < 4.78 is 0. The second-order valence-electron chi connectivity index (χ2n) is 5.26. The van der Waals surface area contributed by atoms with Gasteiger partial charge >= 0.3 is 0 Å². The molecule has 1 aliphatic heterocycles. The lowest BCUT2D eigenvalue weighted by atomic mass is 9.85. The number of hydrogen-bond acceptors (Lipinski definition) is 2. The van der Waals surface area contributed by atoms with Crippen LogP contribution < -0.4 is 5.32 Å². The van der Waals surface area contributed by atoms with Crippen LogP contribution in [-0.2, 0) is 17.8 Å².